The van der Waals surface area contributed by atoms with Crippen LogP contribution in [0.2, 0.25) is 0 Å². The van der Waals surface area contributed by atoms with E-state index in [1.807, 2.05) is 43.3 Å². The van der Waals surface area contributed by atoms with E-state index < -0.39 is 0 Å². The molecule has 0 aliphatic carbocycles. The number of nitrogens with one attached hydrogen (secondary N) is 2. The molecule has 0 spiro atoms. The Labute approximate surface area is 171 Å². The van der Waals surface area contributed by atoms with Gasteiger partial charge in [0.2, 0.25) is 0 Å². The highest BCUT2D eigenvalue weighted by molar-refractivity contribution is 6.05. The van der Waals surface area contributed by atoms with Crippen molar-refractivity contribution in [3.63, 3.8) is 0 Å². The molecule has 2 aliphatic heterocycles. The number of aryl methyl sites for hydroxylation is 1. The van der Waals surface area contributed by atoms with Crippen molar-refractivity contribution in [2.75, 3.05) is 18.4 Å². The van der Waals surface area contributed by atoms with Gasteiger partial charge in [0.25, 0.3) is 11.8 Å². The third-order valence-corrected chi connectivity index (χ3v) is 5.66. The van der Waals surface area contributed by atoms with E-state index in [-0.39, 0.29) is 30.3 Å². The second kappa shape index (κ2) is 8.76. The topological polar surface area (TPSA) is 61.4 Å². The number of halogens is 1. The van der Waals surface area contributed by atoms with Gasteiger partial charge < -0.3 is 15.5 Å². The molecule has 28 heavy (non-hydrogen) atoms. The minimum atomic E-state index is -0.164. The monoisotopic (exact) mass is 399 g/mol. The number of benzene rings is 2. The first-order valence-corrected chi connectivity index (χ1v) is 9.64. The van der Waals surface area contributed by atoms with Gasteiger partial charge in [-0.1, -0.05) is 24.3 Å². The van der Waals surface area contributed by atoms with Gasteiger partial charge in [0.05, 0.1) is 0 Å². The zero-order valence-corrected chi connectivity index (χ0v) is 16.8. The minimum absolute atomic E-state index is 0. The second-order valence-corrected chi connectivity index (χ2v) is 7.44. The van der Waals surface area contributed by atoms with E-state index in [0.717, 1.165) is 37.9 Å². The van der Waals surface area contributed by atoms with Gasteiger partial charge in [-0.15, -0.1) is 12.4 Å². The van der Waals surface area contributed by atoms with Gasteiger partial charge in [0, 0.05) is 35.4 Å². The van der Waals surface area contributed by atoms with Gasteiger partial charge in [0.15, 0.2) is 0 Å². The summed E-state index contributed by atoms with van der Waals surface area (Å²) in [6.45, 7) is 3.78. The molecule has 2 amide bonds. The van der Waals surface area contributed by atoms with Crippen LogP contribution in [0.5, 0.6) is 0 Å². The molecule has 2 aromatic rings. The fraction of sp³-hybridized carbons (Fsp3) is 0.364. The molecule has 2 atom stereocenters. The maximum atomic E-state index is 13.2. The molecular formula is C22H26ClN3O2. The molecule has 5 nitrogen and oxygen atoms in total. The average Bonchev–Trinajstić information content (AvgIpc) is 2.96. The molecule has 2 fully saturated rings. The van der Waals surface area contributed by atoms with Crippen molar-refractivity contribution in [1.82, 2.24) is 10.2 Å². The van der Waals surface area contributed by atoms with Crippen molar-refractivity contribution in [3.8, 4) is 0 Å². The predicted octanol–water partition coefficient (Wildman–Crippen LogP) is 3.64. The number of nitrogens with zero attached hydrogens (tertiary/aromatic N) is 1. The quantitative estimate of drug-likeness (QED) is 0.828. The van der Waals surface area contributed by atoms with Crippen molar-refractivity contribution in [1.29, 1.82) is 0 Å². The van der Waals surface area contributed by atoms with E-state index in [1.165, 1.54) is 0 Å². The molecule has 2 aromatic carbocycles. The Morgan fingerprint density at radius 1 is 1.00 bits per heavy atom. The first kappa shape index (κ1) is 20.4. The van der Waals surface area contributed by atoms with Crippen LogP contribution in [0.1, 0.15) is 45.5 Å². The van der Waals surface area contributed by atoms with Crippen molar-refractivity contribution < 1.29 is 9.59 Å². The highest BCUT2D eigenvalue weighted by Crippen LogP contribution is 2.30. The fourth-order valence-electron chi connectivity index (χ4n) is 4.14. The normalized spacial score (nSPS) is 20.8. The number of carbonyl (C=O) groups excluding carboxylic acids is 2. The lowest BCUT2D eigenvalue weighted by molar-refractivity contribution is 0.0680. The van der Waals surface area contributed by atoms with Gasteiger partial charge in [-0.3, -0.25) is 9.59 Å². The van der Waals surface area contributed by atoms with E-state index in [1.54, 1.807) is 12.1 Å². The lowest BCUT2D eigenvalue weighted by atomic mass is 10.1. The van der Waals surface area contributed by atoms with E-state index in [9.17, 15) is 9.59 Å². The first-order chi connectivity index (χ1) is 13.1. The van der Waals surface area contributed by atoms with Crippen LogP contribution in [-0.2, 0) is 0 Å². The molecule has 2 bridgehead atoms. The second-order valence-electron chi connectivity index (χ2n) is 7.44. The highest BCUT2D eigenvalue weighted by Gasteiger charge is 2.38. The van der Waals surface area contributed by atoms with Crippen LogP contribution in [-0.4, -0.2) is 41.9 Å². The zero-order chi connectivity index (χ0) is 18.8. The van der Waals surface area contributed by atoms with Crippen LogP contribution in [0.4, 0.5) is 5.69 Å². The number of rotatable bonds is 3. The summed E-state index contributed by atoms with van der Waals surface area (Å²) >= 11 is 0. The van der Waals surface area contributed by atoms with Crippen LogP contribution in [0, 0.1) is 6.92 Å². The summed E-state index contributed by atoms with van der Waals surface area (Å²) in [7, 11) is 0. The number of anilines is 1. The van der Waals surface area contributed by atoms with E-state index >= 15 is 0 Å². The highest BCUT2D eigenvalue weighted by atomic mass is 35.5. The van der Waals surface area contributed by atoms with Crippen LogP contribution < -0.4 is 10.6 Å². The van der Waals surface area contributed by atoms with Crippen LogP contribution in [0.15, 0.2) is 48.5 Å². The van der Waals surface area contributed by atoms with E-state index in [2.05, 4.69) is 15.5 Å². The maximum absolute atomic E-state index is 13.2. The van der Waals surface area contributed by atoms with E-state index in [0.29, 0.717) is 22.9 Å². The Balaban J connectivity index is 0.00000225. The predicted molar refractivity (Wildman–Crippen MR) is 113 cm³/mol. The number of hydrogen-bond acceptors (Lipinski definition) is 3. The summed E-state index contributed by atoms with van der Waals surface area (Å²) in [5, 5.41) is 6.38. The van der Waals surface area contributed by atoms with Gasteiger partial charge >= 0.3 is 0 Å². The van der Waals surface area contributed by atoms with Gasteiger partial charge in [-0.05, 0) is 62.6 Å². The Morgan fingerprint density at radius 2 is 1.75 bits per heavy atom. The average molecular weight is 400 g/mol. The molecule has 4 rings (SSSR count). The smallest absolute Gasteiger partial charge is 0.255 e. The van der Waals surface area contributed by atoms with E-state index in [4.69, 9.17) is 0 Å². The standard InChI is InChI=1S/C22H25N3O2.ClH/c1-15-7-8-17(13-20(15)24-21(26)16-5-3-2-4-6-16)22(27)25-18-9-10-19(25)14-23-12-11-18;/h2-8,13,18-19,23H,9-12,14H2,1H3,(H,24,26);1H. The Hall–Kier alpha value is -2.37. The Bertz CT molecular complexity index is 842. The summed E-state index contributed by atoms with van der Waals surface area (Å²) in [6, 6.07) is 15.3. The molecule has 6 heteroatoms. The summed E-state index contributed by atoms with van der Waals surface area (Å²) in [6.07, 6.45) is 3.15. The van der Waals surface area contributed by atoms with Crippen LogP contribution in [0.25, 0.3) is 0 Å². The number of carbonyl (C=O) groups is 2. The largest absolute Gasteiger partial charge is 0.331 e. The molecule has 148 valence electrons. The summed E-state index contributed by atoms with van der Waals surface area (Å²) in [5.74, 6) is -0.0937. The van der Waals surface area contributed by atoms with Gasteiger partial charge in [0.1, 0.15) is 0 Å². The Kier molecular flexibility index (Phi) is 6.37. The van der Waals surface area contributed by atoms with Crippen molar-refractivity contribution in [3.05, 3.63) is 65.2 Å². The lowest BCUT2D eigenvalue weighted by Crippen LogP contribution is -2.42. The number of fused-ring (bicyclic) bond motifs is 2. The van der Waals surface area contributed by atoms with Crippen LogP contribution in [0.3, 0.4) is 0 Å². The zero-order valence-electron chi connectivity index (χ0n) is 16.0. The molecular weight excluding hydrogens is 374 g/mol. The minimum Gasteiger partial charge on any atom is -0.331 e. The number of hydrogen-bond donors (Lipinski definition) is 2. The van der Waals surface area contributed by atoms with Crippen molar-refractivity contribution >= 4 is 29.9 Å². The van der Waals surface area contributed by atoms with Crippen molar-refractivity contribution in [2.45, 2.75) is 38.3 Å². The fourth-order valence-corrected chi connectivity index (χ4v) is 4.14. The van der Waals surface area contributed by atoms with Gasteiger partial charge in [-0.25, -0.2) is 0 Å². The number of amides is 2. The SMILES string of the molecule is Cc1ccc(C(=O)N2C3CCNCC2CC3)cc1NC(=O)c1ccccc1.Cl. The Morgan fingerprint density at radius 3 is 2.54 bits per heavy atom. The third-order valence-electron chi connectivity index (χ3n) is 5.66. The molecule has 2 aliphatic rings. The molecule has 2 saturated heterocycles. The summed E-state index contributed by atoms with van der Waals surface area (Å²) in [5.41, 5.74) is 2.87. The summed E-state index contributed by atoms with van der Waals surface area (Å²) < 4.78 is 0. The molecule has 0 aromatic heterocycles. The molecule has 2 heterocycles. The summed E-state index contributed by atoms with van der Waals surface area (Å²) in [4.78, 5) is 27.8. The molecule has 2 unspecified atom stereocenters. The molecule has 0 radical (unpaired) electrons. The molecule has 2 N–H and O–H groups in total. The first-order valence-electron chi connectivity index (χ1n) is 9.64. The lowest BCUT2D eigenvalue weighted by Gasteiger charge is -2.28. The third kappa shape index (κ3) is 4.05. The maximum Gasteiger partial charge on any atom is 0.255 e. The van der Waals surface area contributed by atoms with Crippen LogP contribution >= 0.6 is 12.4 Å². The van der Waals surface area contributed by atoms with Crippen molar-refractivity contribution in [2.24, 2.45) is 0 Å². The van der Waals surface area contributed by atoms with Gasteiger partial charge in [-0.2, -0.15) is 0 Å². The molecule has 0 saturated carbocycles.